The molecule has 0 bridgehead atoms. The van der Waals surface area contributed by atoms with Gasteiger partial charge in [0.25, 0.3) is 0 Å². The van der Waals surface area contributed by atoms with E-state index >= 15 is 0 Å². The van der Waals surface area contributed by atoms with E-state index in [4.69, 9.17) is 0 Å². The lowest BCUT2D eigenvalue weighted by Crippen LogP contribution is -2.32. The molecule has 0 nitrogen and oxygen atoms in total. The summed E-state index contributed by atoms with van der Waals surface area (Å²) in [5.41, 5.74) is 1.03. The van der Waals surface area contributed by atoms with Crippen molar-refractivity contribution >= 4 is 40.2 Å². The topological polar surface area (TPSA) is 0 Å². The molecule has 0 aromatic heterocycles. The largest absolute Gasteiger partial charge is 0.207 e. The molecule has 1 radical (unpaired) electrons. The monoisotopic (exact) mass is 451 g/mol. The highest BCUT2D eigenvalue weighted by atomic mass is 79.9. The Kier molecular flexibility index (Phi) is 6.78. The van der Waals surface area contributed by atoms with Crippen LogP contribution in [0.3, 0.4) is 0 Å². The molecule has 0 aliphatic heterocycles. The summed E-state index contributed by atoms with van der Waals surface area (Å²) in [4.78, 5) is 0. The average molecular weight is 452 g/mol. The van der Waals surface area contributed by atoms with Gasteiger partial charge in [-0.25, -0.2) is 4.39 Å². The number of halogens is 2. The van der Waals surface area contributed by atoms with Crippen LogP contribution in [0, 0.1) is 5.82 Å². The maximum atomic E-state index is 14.0. The van der Waals surface area contributed by atoms with E-state index in [-0.39, 0.29) is 22.8 Å². The molecule has 4 aromatic rings. The van der Waals surface area contributed by atoms with Crippen molar-refractivity contribution in [1.82, 2.24) is 0 Å². The van der Waals surface area contributed by atoms with Crippen LogP contribution in [0.15, 0.2) is 115 Å². The number of hydrogen-bond donors (Lipinski definition) is 0. The fourth-order valence-electron chi connectivity index (χ4n) is 3.68. The normalized spacial score (nSPS) is 10.9. The van der Waals surface area contributed by atoms with Crippen LogP contribution in [-0.4, -0.2) is 0 Å². The van der Waals surface area contributed by atoms with Gasteiger partial charge in [0.2, 0.25) is 0 Å². The molecule has 0 saturated carbocycles. The molecule has 141 valence electrons. The summed E-state index contributed by atoms with van der Waals surface area (Å²) in [6, 6.07) is 39.1. The molecule has 28 heavy (non-hydrogen) atoms. The van der Waals surface area contributed by atoms with E-state index in [9.17, 15) is 4.39 Å². The summed E-state index contributed by atoms with van der Waals surface area (Å²) in [6.45, 7) is 0. The third kappa shape index (κ3) is 4.09. The van der Waals surface area contributed by atoms with E-state index in [2.05, 4.69) is 91.0 Å². The molecule has 0 saturated heterocycles. The van der Waals surface area contributed by atoms with E-state index in [1.807, 2.05) is 6.07 Å². The molecule has 0 N–H and O–H groups in total. The van der Waals surface area contributed by atoms with Crippen LogP contribution in [0.4, 0.5) is 4.39 Å². The van der Waals surface area contributed by atoms with Gasteiger partial charge >= 0.3 is 0 Å². The Morgan fingerprint density at radius 1 is 0.536 bits per heavy atom. The minimum absolute atomic E-state index is 0. The predicted molar refractivity (Wildman–Crippen MR) is 126 cm³/mol. The SMILES string of the molecule is Br.Fc1cccc(C[P](c2ccccc2)(c2ccccc2)c2ccccc2)c1. The van der Waals surface area contributed by atoms with Gasteiger partial charge in [-0.1, -0.05) is 103 Å². The van der Waals surface area contributed by atoms with E-state index in [0.717, 1.165) is 11.7 Å². The summed E-state index contributed by atoms with van der Waals surface area (Å²) in [7, 11) is -1.96. The third-order valence-electron chi connectivity index (χ3n) is 4.90. The Balaban J connectivity index is 0.00000225. The summed E-state index contributed by atoms with van der Waals surface area (Å²) in [6.07, 6.45) is 0.794. The summed E-state index contributed by atoms with van der Waals surface area (Å²) in [5, 5.41) is 3.94. The van der Waals surface area contributed by atoms with E-state index in [0.29, 0.717) is 0 Å². The van der Waals surface area contributed by atoms with Crippen molar-refractivity contribution in [2.75, 3.05) is 0 Å². The van der Waals surface area contributed by atoms with Crippen molar-refractivity contribution < 1.29 is 4.39 Å². The molecule has 0 amide bonds. The number of benzene rings is 4. The standard InChI is InChI=1S/C25H21FP.BrH/c26-22-12-10-11-21(19-22)20-27(23-13-4-1-5-14-23,24-15-6-2-7-16-24)25-17-8-3-9-18-25;/h1-19H,20H2;1H. The molecule has 0 aliphatic carbocycles. The Bertz CT molecular complexity index is 907. The molecule has 0 atom stereocenters. The molecule has 4 rings (SSSR count). The second-order valence-electron chi connectivity index (χ2n) is 6.60. The van der Waals surface area contributed by atoms with Crippen LogP contribution < -0.4 is 15.9 Å². The van der Waals surface area contributed by atoms with Crippen LogP contribution in [0.2, 0.25) is 0 Å². The Morgan fingerprint density at radius 2 is 0.964 bits per heavy atom. The van der Waals surface area contributed by atoms with E-state index in [1.54, 1.807) is 12.1 Å². The van der Waals surface area contributed by atoms with Gasteiger partial charge in [-0.05, 0) is 40.9 Å². The van der Waals surface area contributed by atoms with Gasteiger partial charge < -0.3 is 0 Å². The lowest BCUT2D eigenvalue weighted by Gasteiger charge is -2.38. The van der Waals surface area contributed by atoms with Gasteiger partial charge in [0.15, 0.2) is 0 Å². The van der Waals surface area contributed by atoms with Gasteiger partial charge in [-0.3, -0.25) is 0 Å². The molecule has 3 heteroatoms. The molecule has 4 aromatic carbocycles. The van der Waals surface area contributed by atoms with Crippen molar-refractivity contribution in [2.45, 2.75) is 6.16 Å². The maximum Gasteiger partial charge on any atom is 0.123 e. The molecule has 0 spiro atoms. The molecular formula is C25H22BrFP. The highest BCUT2D eigenvalue weighted by molar-refractivity contribution is 8.93. The third-order valence-corrected chi connectivity index (χ3v) is 9.28. The van der Waals surface area contributed by atoms with Crippen molar-refractivity contribution in [3.63, 3.8) is 0 Å². The van der Waals surface area contributed by atoms with Gasteiger partial charge in [-0.15, -0.1) is 17.0 Å². The zero-order valence-corrected chi connectivity index (χ0v) is 18.0. The maximum absolute atomic E-state index is 14.0. The lowest BCUT2D eigenvalue weighted by atomic mass is 10.2. The fourth-order valence-corrected chi connectivity index (χ4v) is 7.91. The zero-order chi connectivity index (χ0) is 18.5. The van der Waals surface area contributed by atoms with Crippen LogP contribution in [-0.2, 0) is 6.16 Å². The van der Waals surface area contributed by atoms with Crippen molar-refractivity contribution in [1.29, 1.82) is 0 Å². The van der Waals surface area contributed by atoms with Gasteiger partial charge in [0, 0.05) is 6.16 Å². The van der Waals surface area contributed by atoms with Crippen LogP contribution >= 0.6 is 24.2 Å². The molecule has 0 unspecified atom stereocenters. The molecule has 0 heterocycles. The zero-order valence-electron chi connectivity index (χ0n) is 15.4. The van der Waals surface area contributed by atoms with E-state index in [1.165, 1.54) is 22.0 Å². The first kappa shape index (κ1) is 20.5. The Morgan fingerprint density at radius 3 is 1.36 bits per heavy atom. The quantitative estimate of drug-likeness (QED) is 0.331. The van der Waals surface area contributed by atoms with Gasteiger partial charge in [0.05, 0.1) is 0 Å². The molecule has 0 aliphatic rings. The smallest absolute Gasteiger partial charge is 0.123 e. The first-order valence-electron chi connectivity index (χ1n) is 9.08. The van der Waals surface area contributed by atoms with Crippen LogP contribution in [0.5, 0.6) is 0 Å². The minimum Gasteiger partial charge on any atom is -0.207 e. The van der Waals surface area contributed by atoms with Crippen molar-refractivity contribution in [3.05, 3.63) is 127 Å². The van der Waals surface area contributed by atoms with Crippen molar-refractivity contribution in [2.24, 2.45) is 0 Å². The predicted octanol–water partition coefficient (Wildman–Crippen LogP) is 5.90. The Hall–Kier alpha value is -2.28. The summed E-state index contributed by atoms with van der Waals surface area (Å²) >= 11 is 0. The van der Waals surface area contributed by atoms with Crippen molar-refractivity contribution in [3.8, 4) is 0 Å². The number of hydrogen-bond acceptors (Lipinski definition) is 0. The lowest BCUT2D eigenvalue weighted by molar-refractivity contribution is 0.626. The summed E-state index contributed by atoms with van der Waals surface area (Å²) in [5.74, 6) is -0.181. The van der Waals surface area contributed by atoms with Gasteiger partial charge in [0.1, 0.15) is 5.82 Å². The minimum atomic E-state index is -1.96. The second-order valence-corrected chi connectivity index (χ2v) is 10.1. The second kappa shape index (κ2) is 9.28. The van der Waals surface area contributed by atoms with Gasteiger partial charge in [-0.2, -0.15) is 0 Å². The van der Waals surface area contributed by atoms with Crippen LogP contribution in [0.25, 0.3) is 0 Å². The first-order chi connectivity index (χ1) is 13.3. The highest BCUT2D eigenvalue weighted by Gasteiger charge is 2.34. The number of rotatable bonds is 5. The molecular weight excluding hydrogens is 430 g/mol. The highest BCUT2D eigenvalue weighted by Crippen LogP contribution is 2.58. The van der Waals surface area contributed by atoms with Crippen LogP contribution in [0.1, 0.15) is 5.56 Å². The van der Waals surface area contributed by atoms with E-state index < -0.39 is 7.26 Å². The molecule has 0 fully saturated rings. The fraction of sp³-hybridized carbons (Fsp3) is 0.0400. The average Bonchev–Trinajstić information content (AvgIpc) is 2.74. The Labute approximate surface area is 177 Å². The summed E-state index contributed by atoms with van der Waals surface area (Å²) < 4.78 is 14.0. The first-order valence-corrected chi connectivity index (χ1v) is 11.1.